The van der Waals surface area contributed by atoms with Crippen LogP contribution < -0.4 is 5.32 Å². The highest BCUT2D eigenvalue weighted by Crippen LogP contribution is 2.25. The van der Waals surface area contributed by atoms with Crippen molar-refractivity contribution in [2.24, 2.45) is 0 Å². The largest absolute Gasteiger partial charge is 0.508 e. The second kappa shape index (κ2) is 7.71. The number of anilines is 1. The van der Waals surface area contributed by atoms with E-state index in [2.05, 4.69) is 20.8 Å². The zero-order chi connectivity index (χ0) is 18.7. The third-order valence-electron chi connectivity index (χ3n) is 3.38. The number of amides is 1. The van der Waals surface area contributed by atoms with Crippen LogP contribution in [0.1, 0.15) is 6.92 Å². The molecular formula is C16H13ClFN5O2S. The average Bonchev–Trinajstić information content (AvgIpc) is 3.06. The van der Waals surface area contributed by atoms with Gasteiger partial charge in [0, 0.05) is 5.02 Å². The maximum Gasteiger partial charge on any atom is 0.237 e. The van der Waals surface area contributed by atoms with Crippen LogP contribution in [0.5, 0.6) is 5.75 Å². The molecule has 0 bridgehead atoms. The number of benzene rings is 2. The van der Waals surface area contributed by atoms with Crippen LogP contribution in [0.2, 0.25) is 5.02 Å². The Labute approximate surface area is 157 Å². The first-order valence-corrected chi connectivity index (χ1v) is 8.70. The predicted molar refractivity (Wildman–Crippen MR) is 96.2 cm³/mol. The minimum atomic E-state index is -0.614. The van der Waals surface area contributed by atoms with Crippen molar-refractivity contribution in [3.8, 4) is 11.4 Å². The number of phenolic OH excluding ortho intramolecular Hbond substituents is 1. The third kappa shape index (κ3) is 4.12. The molecule has 0 radical (unpaired) electrons. The summed E-state index contributed by atoms with van der Waals surface area (Å²) < 4.78 is 15.2. The molecular weight excluding hydrogens is 381 g/mol. The number of nitrogens with one attached hydrogen (secondary N) is 1. The van der Waals surface area contributed by atoms with Crippen LogP contribution in [0.3, 0.4) is 0 Å². The molecule has 3 aromatic rings. The summed E-state index contributed by atoms with van der Waals surface area (Å²) in [5.74, 6) is -0.901. The van der Waals surface area contributed by atoms with Crippen molar-refractivity contribution in [2.75, 3.05) is 5.32 Å². The maximum atomic E-state index is 13.8. The summed E-state index contributed by atoms with van der Waals surface area (Å²) >= 11 is 6.81. The first-order valence-electron chi connectivity index (χ1n) is 7.44. The van der Waals surface area contributed by atoms with Gasteiger partial charge in [0.1, 0.15) is 11.6 Å². The molecule has 2 N–H and O–H groups in total. The van der Waals surface area contributed by atoms with Crippen molar-refractivity contribution in [3.05, 3.63) is 53.3 Å². The van der Waals surface area contributed by atoms with Gasteiger partial charge in [0.15, 0.2) is 0 Å². The number of thioether (sulfide) groups is 1. The van der Waals surface area contributed by atoms with Crippen LogP contribution in [0.4, 0.5) is 10.1 Å². The van der Waals surface area contributed by atoms with Gasteiger partial charge in [0.05, 0.1) is 16.6 Å². The maximum absolute atomic E-state index is 13.8. The van der Waals surface area contributed by atoms with Crippen LogP contribution in [-0.4, -0.2) is 36.5 Å². The number of phenols is 1. The van der Waals surface area contributed by atoms with E-state index in [9.17, 15) is 14.3 Å². The highest BCUT2D eigenvalue weighted by molar-refractivity contribution is 8.00. The standard InChI is InChI=1S/C16H13ClFN5O2S/c1-9(15(25)19-14-7-2-10(17)8-13(14)18)26-16-20-21-22-23(16)11-3-5-12(24)6-4-11/h2-9,24H,1H3,(H,19,25). The summed E-state index contributed by atoms with van der Waals surface area (Å²) in [6, 6.07) is 10.3. The van der Waals surface area contributed by atoms with Crippen molar-refractivity contribution >= 4 is 35.0 Å². The van der Waals surface area contributed by atoms with Gasteiger partial charge in [-0.15, -0.1) is 5.10 Å². The normalized spacial score (nSPS) is 12.0. The van der Waals surface area contributed by atoms with Gasteiger partial charge < -0.3 is 10.4 Å². The van der Waals surface area contributed by atoms with E-state index in [1.807, 2.05) is 0 Å². The number of halogens is 2. The molecule has 1 heterocycles. The smallest absolute Gasteiger partial charge is 0.237 e. The van der Waals surface area contributed by atoms with Gasteiger partial charge in [-0.3, -0.25) is 4.79 Å². The van der Waals surface area contributed by atoms with E-state index < -0.39 is 17.0 Å². The van der Waals surface area contributed by atoms with Gasteiger partial charge >= 0.3 is 0 Å². The van der Waals surface area contributed by atoms with Gasteiger partial charge in [0.2, 0.25) is 11.1 Å². The molecule has 7 nitrogen and oxygen atoms in total. The molecule has 0 saturated heterocycles. The van der Waals surface area contributed by atoms with Crippen LogP contribution in [-0.2, 0) is 4.79 Å². The second-order valence-corrected chi connectivity index (χ2v) is 7.01. The molecule has 0 spiro atoms. The molecule has 10 heteroatoms. The number of hydrogen-bond donors (Lipinski definition) is 2. The lowest BCUT2D eigenvalue weighted by molar-refractivity contribution is -0.115. The molecule has 0 aliphatic carbocycles. The molecule has 0 aliphatic heterocycles. The van der Waals surface area contributed by atoms with Gasteiger partial charge in [-0.05, 0) is 59.8 Å². The highest BCUT2D eigenvalue weighted by Gasteiger charge is 2.20. The Balaban J connectivity index is 1.72. The fourth-order valence-corrected chi connectivity index (χ4v) is 3.01. The first-order chi connectivity index (χ1) is 12.4. The minimum absolute atomic E-state index is 0.0463. The van der Waals surface area contributed by atoms with E-state index in [1.165, 1.54) is 28.9 Å². The number of aromatic hydroxyl groups is 1. The van der Waals surface area contributed by atoms with E-state index in [0.717, 1.165) is 17.8 Å². The topological polar surface area (TPSA) is 92.9 Å². The molecule has 1 aromatic heterocycles. The lowest BCUT2D eigenvalue weighted by Gasteiger charge is -2.12. The van der Waals surface area contributed by atoms with Gasteiger partial charge in [0.25, 0.3) is 0 Å². The SMILES string of the molecule is CC(Sc1nnnn1-c1ccc(O)cc1)C(=O)Nc1ccc(Cl)cc1F. The quantitative estimate of drug-likeness (QED) is 0.646. The Morgan fingerprint density at radius 1 is 1.31 bits per heavy atom. The number of carbonyl (C=O) groups excluding carboxylic acids is 1. The van der Waals surface area contributed by atoms with Crippen molar-refractivity contribution in [3.63, 3.8) is 0 Å². The van der Waals surface area contributed by atoms with E-state index in [0.29, 0.717) is 10.8 Å². The first kappa shape index (κ1) is 18.2. The zero-order valence-corrected chi connectivity index (χ0v) is 15.0. The van der Waals surface area contributed by atoms with Crippen LogP contribution in [0, 0.1) is 5.82 Å². The van der Waals surface area contributed by atoms with Crippen molar-refractivity contribution in [2.45, 2.75) is 17.3 Å². The summed E-state index contributed by atoms with van der Waals surface area (Å²) in [5, 5.41) is 23.3. The molecule has 0 saturated carbocycles. The van der Waals surface area contributed by atoms with Gasteiger partial charge in [-0.25, -0.2) is 4.39 Å². The number of hydrogen-bond acceptors (Lipinski definition) is 6. The van der Waals surface area contributed by atoms with E-state index in [1.54, 1.807) is 19.1 Å². The summed E-state index contributed by atoms with van der Waals surface area (Å²) in [5.41, 5.74) is 0.677. The fraction of sp³-hybridized carbons (Fsp3) is 0.125. The molecule has 2 aromatic carbocycles. The Morgan fingerprint density at radius 2 is 2.04 bits per heavy atom. The number of rotatable bonds is 5. The summed E-state index contributed by atoms with van der Waals surface area (Å²) in [6.45, 7) is 1.66. The van der Waals surface area contributed by atoms with Crippen LogP contribution >= 0.6 is 23.4 Å². The Kier molecular flexibility index (Phi) is 5.38. The van der Waals surface area contributed by atoms with Gasteiger partial charge in [-0.1, -0.05) is 23.4 Å². The Bertz CT molecular complexity index is 935. The lowest BCUT2D eigenvalue weighted by atomic mass is 10.3. The Morgan fingerprint density at radius 3 is 2.73 bits per heavy atom. The molecule has 0 fully saturated rings. The monoisotopic (exact) mass is 393 g/mol. The zero-order valence-electron chi connectivity index (χ0n) is 13.4. The van der Waals surface area contributed by atoms with E-state index in [4.69, 9.17) is 11.6 Å². The summed E-state index contributed by atoms with van der Waals surface area (Å²) in [7, 11) is 0. The minimum Gasteiger partial charge on any atom is -0.508 e. The predicted octanol–water partition coefficient (Wildman–Crippen LogP) is 3.28. The lowest BCUT2D eigenvalue weighted by Crippen LogP contribution is -2.23. The molecule has 134 valence electrons. The van der Waals surface area contributed by atoms with Crippen molar-refractivity contribution < 1.29 is 14.3 Å². The highest BCUT2D eigenvalue weighted by atomic mass is 35.5. The van der Waals surface area contributed by atoms with E-state index in [-0.39, 0.29) is 16.5 Å². The van der Waals surface area contributed by atoms with Crippen LogP contribution in [0.25, 0.3) is 5.69 Å². The Hall–Kier alpha value is -2.65. The van der Waals surface area contributed by atoms with E-state index >= 15 is 0 Å². The molecule has 26 heavy (non-hydrogen) atoms. The average molecular weight is 394 g/mol. The molecule has 1 atom stereocenters. The molecule has 1 amide bonds. The van der Waals surface area contributed by atoms with Crippen molar-refractivity contribution in [1.29, 1.82) is 0 Å². The second-order valence-electron chi connectivity index (χ2n) is 5.26. The number of nitrogens with zero attached hydrogens (tertiary/aromatic N) is 4. The van der Waals surface area contributed by atoms with Crippen LogP contribution in [0.15, 0.2) is 47.6 Å². The number of aromatic nitrogens is 4. The molecule has 0 aliphatic rings. The summed E-state index contributed by atoms with van der Waals surface area (Å²) in [6.07, 6.45) is 0. The summed E-state index contributed by atoms with van der Waals surface area (Å²) in [4.78, 5) is 12.3. The molecule has 1 unspecified atom stereocenters. The molecule has 3 rings (SSSR count). The number of tetrazole rings is 1. The third-order valence-corrected chi connectivity index (χ3v) is 4.64. The van der Waals surface area contributed by atoms with Crippen molar-refractivity contribution in [1.82, 2.24) is 20.2 Å². The number of carbonyl (C=O) groups is 1. The van der Waals surface area contributed by atoms with Gasteiger partial charge in [-0.2, -0.15) is 4.68 Å². The fourth-order valence-electron chi connectivity index (χ4n) is 2.05.